The lowest BCUT2D eigenvalue weighted by atomic mass is 10.1. The number of ether oxygens (including phenoxy) is 5. The van der Waals surface area contributed by atoms with E-state index in [1.807, 2.05) is 72.8 Å². The molecule has 0 aliphatic carbocycles. The van der Waals surface area contributed by atoms with Gasteiger partial charge in [0.25, 0.3) is 0 Å². The molecule has 2 aliphatic rings. The molecule has 1 saturated heterocycles. The second-order valence-corrected chi connectivity index (χ2v) is 15.9. The van der Waals surface area contributed by atoms with Crippen molar-refractivity contribution in [2.45, 2.75) is 43.3 Å². The van der Waals surface area contributed by atoms with E-state index in [9.17, 15) is 0 Å². The molecule has 5 rings (SSSR count). The van der Waals surface area contributed by atoms with Gasteiger partial charge in [0.05, 0.1) is 21.3 Å². The smallest absolute Gasteiger partial charge is 0.229 e. The van der Waals surface area contributed by atoms with Gasteiger partial charge in [-0.1, -0.05) is 48.2 Å². The molecule has 206 valence electrons. The van der Waals surface area contributed by atoms with Crippen LogP contribution in [0.3, 0.4) is 0 Å². The van der Waals surface area contributed by atoms with Gasteiger partial charge in [0.2, 0.25) is 5.06 Å². The molecule has 4 unspecified atom stereocenters. The summed E-state index contributed by atoms with van der Waals surface area (Å²) in [4.78, 5) is 2.16. The van der Waals surface area contributed by atoms with Gasteiger partial charge in [0.1, 0.15) is 29.6 Å². The molecule has 0 aromatic heterocycles. The average molecular weight is 566 g/mol. The van der Waals surface area contributed by atoms with Crippen molar-refractivity contribution in [3.8, 4) is 17.2 Å². The Morgan fingerprint density at radius 1 is 0.769 bits per heavy atom. The first kappa shape index (κ1) is 27.6. The minimum absolute atomic E-state index is 0.396. The molecule has 0 amide bonds. The maximum absolute atomic E-state index is 6.91. The number of hydrogen-bond acceptors (Lipinski definition) is 8. The Bertz CT molecular complexity index is 1280. The molecule has 3 aromatic carbocycles. The predicted molar refractivity (Wildman–Crippen MR) is 155 cm³/mol. The van der Waals surface area contributed by atoms with Crippen LogP contribution in [0.1, 0.15) is 35.3 Å². The van der Waals surface area contributed by atoms with Crippen molar-refractivity contribution in [2.75, 3.05) is 21.3 Å². The van der Waals surface area contributed by atoms with E-state index in [1.165, 1.54) is 0 Å². The fourth-order valence-electron chi connectivity index (χ4n) is 4.70. The lowest BCUT2D eigenvalue weighted by Gasteiger charge is -2.43. The third-order valence-corrected chi connectivity index (χ3v) is 8.66. The second kappa shape index (κ2) is 11.3. The summed E-state index contributed by atoms with van der Waals surface area (Å²) in [5, 5.41) is 1.14. The van der Waals surface area contributed by atoms with Crippen LogP contribution in [-0.4, -0.2) is 39.6 Å². The van der Waals surface area contributed by atoms with Gasteiger partial charge >= 0.3 is 0 Å². The van der Waals surface area contributed by atoms with Gasteiger partial charge in [-0.15, -0.1) is 0 Å². The summed E-state index contributed by atoms with van der Waals surface area (Å²) >= 11 is 1.59. The summed E-state index contributed by atoms with van der Waals surface area (Å²) in [5.74, 6) is 2.35. The lowest BCUT2D eigenvalue weighted by Crippen LogP contribution is -2.48. The molecule has 2 heterocycles. The van der Waals surface area contributed by atoms with E-state index in [2.05, 4.69) is 36.1 Å². The topological polar surface area (TPSA) is 58.6 Å². The Balaban J connectivity index is 1.58. The Kier molecular flexibility index (Phi) is 7.98. The maximum atomic E-state index is 6.91. The minimum Gasteiger partial charge on any atom is -0.497 e. The average Bonchev–Trinajstić information content (AvgIpc) is 3.55. The molecular formula is C30H35NO6SSi. The van der Waals surface area contributed by atoms with Crippen LogP contribution < -0.4 is 14.2 Å². The largest absolute Gasteiger partial charge is 0.497 e. The first-order valence-corrected chi connectivity index (χ1v) is 17.1. The normalized spacial score (nSPS) is 23.3. The first-order valence-electron chi connectivity index (χ1n) is 12.8. The quantitative estimate of drug-likeness (QED) is 0.252. The third-order valence-electron chi connectivity index (χ3n) is 6.61. The molecule has 0 saturated carbocycles. The molecule has 4 atom stereocenters. The van der Waals surface area contributed by atoms with Crippen molar-refractivity contribution >= 4 is 20.1 Å². The molecule has 0 bridgehead atoms. The first-order chi connectivity index (χ1) is 18.8. The van der Waals surface area contributed by atoms with Gasteiger partial charge in [0.15, 0.2) is 14.6 Å². The highest BCUT2D eigenvalue weighted by atomic mass is 32.2. The van der Waals surface area contributed by atoms with E-state index < -0.39 is 32.0 Å². The summed E-state index contributed by atoms with van der Waals surface area (Å²) in [5.41, 5.74) is 2.90. The van der Waals surface area contributed by atoms with Crippen LogP contribution >= 0.6 is 11.8 Å². The van der Waals surface area contributed by atoms with Crippen molar-refractivity contribution in [3.63, 3.8) is 0 Å². The molecule has 9 heteroatoms. The minimum atomic E-state index is -2.01. The fraction of sp³-hybridized carbons (Fsp3) is 0.333. The number of methoxy groups -OCH3 is 3. The van der Waals surface area contributed by atoms with E-state index in [0.717, 1.165) is 33.9 Å². The Labute approximate surface area is 235 Å². The van der Waals surface area contributed by atoms with Gasteiger partial charge < -0.3 is 33.0 Å². The van der Waals surface area contributed by atoms with Crippen LogP contribution in [0.25, 0.3) is 0 Å². The Hall–Kier alpha value is -2.95. The molecule has 7 nitrogen and oxygen atoms in total. The van der Waals surface area contributed by atoms with E-state index in [0.29, 0.717) is 0 Å². The van der Waals surface area contributed by atoms with Crippen molar-refractivity contribution in [3.05, 3.63) is 101 Å². The van der Waals surface area contributed by atoms with Gasteiger partial charge in [0, 0.05) is 17.3 Å². The summed E-state index contributed by atoms with van der Waals surface area (Å²) in [6.07, 6.45) is 0.631. The number of nitrogens with zero attached hydrogens (tertiary/aromatic N) is 1. The molecule has 2 aliphatic heterocycles. The number of thioether (sulfide) groups is 1. The molecule has 3 aromatic rings. The molecular weight excluding hydrogens is 530 g/mol. The zero-order chi connectivity index (χ0) is 27.6. The Morgan fingerprint density at radius 3 is 1.79 bits per heavy atom. The zero-order valence-corrected chi connectivity index (χ0v) is 24.9. The predicted octanol–water partition coefficient (Wildman–Crippen LogP) is 7.22. The molecule has 1 fully saturated rings. The van der Waals surface area contributed by atoms with Gasteiger partial charge in [-0.25, -0.2) is 0 Å². The molecule has 0 N–H and O–H groups in total. The van der Waals surface area contributed by atoms with Gasteiger partial charge in [-0.3, -0.25) is 0 Å². The molecule has 1 spiro atoms. The van der Waals surface area contributed by atoms with E-state index >= 15 is 0 Å². The van der Waals surface area contributed by atoms with Crippen LogP contribution in [0.5, 0.6) is 17.2 Å². The fourth-order valence-corrected chi connectivity index (χ4v) is 6.75. The monoisotopic (exact) mass is 565 g/mol. The van der Waals surface area contributed by atoms with Crippen LogP contribution in [0.2, 0.25) is 19.6 Å². The second-order valence-electron chi connectivity index (χ2n) is 10.3. The summed E-state index contributed by atoms with van der Waals surface area (Å²) in [6.45, 7) is 6.57. The highest BCUT2D eigenvalue weighted by Crippen LogP contribution is 2.59. The van der Waals surface area contributed by atoms with Crippen molar-refractivity contribution in [1.82, 2.24) is 4.90 Å². The third kappa shape index (κ3) is 5.69. The van der Waals surface area contributed by atoms with Crippen molar-refractivity contribution < 1.29 is 28.1 Å². The highest BCUT2D eigenvalue weighted by Gasteiger charge is 2.58. The number of rotatable bonds is 9. The zero-order valence-electron chi connectivity index (χ0n) is 23.1. The van der Waals surface area contributed by atoms with E-state index in [4.69, 9.17) is 28.1 Å². The SMILES string of the molecule is COc1ccc(C2OC(c3ccc(OC)cc3)C3(O2)SC=CN3C(O[Si](C)(C)C)c2ccc(OC)cc2)cc1. The molecule has 0 radical (unpaired) electrons. The maximum Gasteiger partial charge on any atom is 0.229 e. The summed E-state index contributed by atoms with van der Waals surface area (Å²) < 4.78 is 36.7. The van der Waals surface area contributed by atoms with Crippen LogP contribution in [-0.2, 0) is 13.9 Å². The van der Waals surface area contributed by atoms with E-state index in [-0.39, 0.29) is 0 Å². The number of hydrogen-bond donors (Lipinski definition) is 0. The highest BCUT2D eigenvalue weighted by molar-refractivity contribution is 8.03. The van der Waals surface area contributed by atoms with Crippen molar-refractivity contribution in [1.29, 1.82) is 0 Å². The standard InChI is InChI=1S/C30H35NO6SSi/c1-32-24-13-7-21(8-14-24)27-30(36-29(35-27)23-11-17-26(34-3)18-12-23)31(19-20-38-30)28(37-39(4,5)6)22-9-15-25(33-2)16-10-22/h7-20,27-29H,1-6H3. The lowest BCUT2D eigenvalue weighted by molar-refractivity contribution is -0.131. The van der Waals surface area contributed by atoms with Crippen LogP contribution in [0.15, 0.2) is 84.4 Å². The number of benzene rings is 3. The van der Waals surface area contributed by atoms with Crippen molar-refractivity contribution in [2.24, 2.45) is 0 Å². The molecule has 39 heavy (non-hydrogen) atoms. The van der Waals surface area contributed by atoms with E-state index in [1.54, 1.807) is 33.1 Å². The van der Waals surface area contributed by atoms with Gasteiger partial charge in [-0.2, -0.15) is 0 Å². The van der Waals surface area contributed by atoms with Crippen LogP contribution in [0, 0.1) is 0 Å². The van der Waals surface area contributed by atoms with Crippen LogP contribution in [0.4, 0.5) is 0 Å². The summed E-state index contributed by atoms with van der Waals surface area (Å²) in [6, 6.07) is 23.8. The summed E-state index contributed by atoms with van der Waals surface area (Å²) in [7, 11) is 2.98. The van der Waals surface area contributed by atoms with Gasteiger partial charge in [-0.05, 0) is 67.0 Å². The Morgan fingerprint density at radius 2 is 1.28 bits per heavy atom.